The molecule has 0 fully saturated rings. The van der Waals surface area contributed by atoms with E-state index in [0.717, 1.165) is 18.4 Å². The Morgan fingerprint density at radius 3 is 2.89 bits per heavy atom. The Morgan fingerprint density at radius 2 is 2.16 bits per heavy atom. The molecular weight excluding hydrogens is 264 g/mol. The number of amides is 2. The van der Waals surface area contributed by atoms with E-state index in [0.29, 0.717) is 23.5 Å². The van der Waals surface area contributed by atoms with Crippen molar-refractivity contribution in [3.05, 3.63) is 23.8 Å². The number of carbonyl (C=O) groups excluding carboxylic acids is 1. The maximum absolute atomic E-state index is 11.8. The number of hydrogen-bond acceptors (Lipinski definition) is 3. The van der Waals surface area contributed by atoms with E-state index in [9.17, 15) is 13.2 Å². The summed E-state index contributed by atoms with van der Waals surface area (Å²) in [6.07, 6.45) is 2.25. The normalized spacial score (nSPS) is 16.5. The number of benzene rings is 1. The van der Waals surface area contributed by atoms with Gasteiger partial charge in [0.05, 0.1) is 10.6 Å². The van der Waals surface area contributed by atoms with Gasteiger partial charge < -0.3 is 10.6 Å². The van der Waals surface area contributed by atoms with E-state index < -0.39 is 9.84 Å². The van der Waals surface area contributed by atoms with Gasteiger partial charge >= 0.3 is 6.03 Å². The van der Waals surface area contributed by atoms with Crippen LogP contribution in [0.15, 0.2) is 23.1 Å². The number of sulfone groups is 1. The Balaban J connectivity index is 2.16. The van der Waals surface area contributed by atoms with Crippen LogP contribution in [0.25, 0.3) is 0 Å². The number of aryl methyl sites for hydroxylation is 1. The van der Waals surface area contributed by atoms with E-state index in [4.69, 9.17) is 0 Å². The summed E-state index contributed by atoms with van der Waals surface area (Å²) < 4.78 is 23.7. The zero-order chi connectivity index (χ0) is 13.9. The van der Waals surface area contributed by atoms with Gasteiger partial charge in [-0.2, -0.15) is 0 Å². The van der Waals surface area contributed by atoms with Crippen molar-refractivity contribution >= 4 is 21.6 Å². The number of rotatable bonds is 3. The van der Waals surface area contributed by atoms with Gasteiger partial charge in [-0.15, -0.1) is 0 Å². The quantitative estimate of drug-likeness (QED) is 0.889. The highest BCUT2D eigenvalue weighted by Gasteiger charge is 2.23. The molecule has 2 rings (SSSR count). The molecule has 1 aliphatic rings. The molecule has 0 bridgehead atoms. The summed E-state index contributed by atoms with van der Waals surface area (Å²) in [4.78, 5) is 11.9. The lowest BCUT2D eigenvalue weighted by Crippen LogP contribution is -2.29. The van der Waals surface area contributed by atoms with Crippen LogP contribution in [0.4, 0.5) is 10.5 Å². The number of urea groups is 1. The molecule has 6 heteroatoms. The summed E-state index contributed by atoms with van der Waals surface area (Å²) >= 11 is 0. The Hall–Kier alpha value is -1.56. The monoisotopic (exact) mass is 282 g/mol. The second-order valence-electron chi connectivity index (χ2n) is 4.63. The molecule has 104 valence electrons. The molecule has 0 spiro atoms. The minimum Gasteiger partial charge on any atom is -0.338 e. The highest BCUT2D eigenvalue weighted by Crippen LogP contribution is 2.27. The number of nitrogens with one attached hydrogen (secondary N) is 2. The minimum absolute atomic E-state index is 0.212. The zero-order valence-electron chi connectivity index (χ0n) is 10.9. The lowest BCUT2D eigenvalue weighted by molar-refractivity contribution is 0.252. The third-order valence-electron chi connectivity index (χ3n) is 3.05. The van der Waals surface area contributed by atoms with Gasteiger partial charge in [-0.25, -0.2) is 13.2 Å². The summed E-state index contributed by atoms with van der Waals surface area (Å²) in [7, 11) is -3.13. The average molecular weight is 282 g/mol. The topological polar surface area (TPSA) is 75.3 Å². The van der Waals surface area contributed by atoms with Gasteiger partial charge in [0.2, 0.25) is 0 Å². The molecule has 2 N–H and O–H groups in total. The Morgan fingerprint density at radius 1 is 1.37 bits per heavy atom. The van der Waals surface area contributed by atoms with Crippen molar-refractivity contribution in [2.24, 2.45) is 0 Å². The standard InChI is InChI=1S/C13H18N2O3S/c1-2-7-14-13(16)15-11-5-6-12-10(9-11)4-3-8-19(12,17)18/h5-6,9H,2-4,7-8H2,1H3,(H2,14,15,16). The highest BCUT2D eigenvalue weighted by molar-refractivity contribution is 7.91. The van der Waals surface area contributed by atoms with Gasteiger partial charge in [0.25, 0.3) is 0 Å². The van der Waals surface area contributed by atoms with E-state index in [1.807, 2.05) is 6.92 Å². The Labute approximate surface area is 113 Å². The summed E-state index contributed by atoms with van der Waals surface area (Å²) in [5, 5.41) is 5.42. The molecule has 5 nitrogen and oxygen atoms in total. The van der Waals surface area contributed by atoms with Crippen molar-refractivity contribution in [1.29, 1.82) is 0 Å². The maximum atomic E-state index is 11.8. The van der Waals surface area contributed by atoms with Gasteiger partial charge in [-0.3, -0.25) is 0 Å². The number of carbonyl (C=O) groups is 1. The molecule has 1 aliphatic heterocycles. The van der Waals surface area contributed by atoms with Crippen LogP contribution in [0.1, 0.15) is 25.3 Å². The molecule has 19 heavy (non-hydrogen) atoms. The van der Waals surface area contributed by atoms with Crippen molar-refractivity contribution < 1.29 is 13.2 Å². The van der Waals surface area contributed by atoms with Crippen LogP contribution < -0.4 is 10.6 Å². The van der Waals surface area contributed by atoms with Crippen molar-refractivity contribution in [2.75, 3.05) is 17.6 Å². The molecular formula is C13H18N2O3S. The first-order valence-electron chi connectivity index (χ1n) is 6.43. The molecule has 0 aromatic heterocycles. The van der Waals surface area contributed by atoms with Crippen molar-refractivity contribution in [3.8, 4) is 0 Å². The fourth-order valence-corrected chi connectivity index (χ4v) is 3.71. The maximum Gasteiger partial charge on any atom is 0.319 e. The van der Waals surface area contributed by atoms with Gasteiger partial charge in [0, 0.05) is 12.2 Å². The first kappa shape index (κ1) is 13.9. The molecule has 0 radical (unpaired) electrons. The molecule has 0 saturated carbocycles. The van der Waals surface area contributed by atoms with Crippen LogP contribution in [0.5, 0.6) is 0 Å². The van der Waals surface area contributed by atoms with Gasteiger partial charge in [-0.05, 0) is 43.0 Å². The van der Waals surface area contributed by atoms with Gasteiger partial charge in [0.15, 0.2) is 9.84 Å². The average Bonchev–Trinajstić information content (AvgIpc) is 2.35. The second kappa shape index (κ2) is 5.61. The van der Waals surface area contributed by atoms with Gasteiger partial charge in [0.1, 0.15) is 0 Å². The third-order valence-corrected chi connectivity index (χ3v) is 4.94. The fourth-order valence-electron chi connectivity index (χ4n) is 2.13. The minimum atomic E-state index is -3.13. The highest BCUT2D eigenvalue weighted by atomic mass is 32.2. The SMILES string of the molecule is CCCNC(=O)Nc1ccc2c(c1)CCCS2(=O)=O. The molecule has 0 aliphatic carbocycles. The van der Waals surface area contributed by atoms with Crippen LogP contribution in [-0.2, 0) is 16.3 Å². The fraction of sp³-hybridized carbons (Fsp3) is 0.462. The third kappa shape index (κ3) is 3.26. The van der Waals surface area contributed by atoms with Crippen LogP contribution in [0.3, 0.4) is 0 Å². The molecule has 1 heterocycles. The number of anilines is 1. The van der Waals surface area contributed by atoms with Crippen molar-refractivity contribution in [2.45, 2.75) is 31.1 Å². The van der Waals surface area contributed by atoms with Gasteiger partial charge in [-0.1, -0.05) is 6.92 Å². The smallest absolute Gasteiger partial charge is 0.319 e. The Kier molecular flexibility index (Phi) is 4.09. The first-order valence-corrected chi connectivity index (χ1v) is 8.08. The van der Waals surface area contributed by atoms with E-state index in [1.54, 1.807) is 18.2 Å². The lowest BCUT2D eigenvalue weighted by Gasteiger charge is -2.17. The summed E-state index contributed by atoms with van der Waals surface area (Å²) in [6, 6.07) is 4.70. The Bertz CT molecular complexity index is 582. The van der Waals surface area contributed by atoms with Crippen LogP contribution in [0.2, 0.25) is 0 Å². The summed E-state index contributed by atoms with van der Waals surface area (Å²) in [5.41, 5.74) is 1.42. The number of hydrogen-bond donors (Lipinski definition) is 2. The predicted molar refractivity (Wildman–Crippen MR) is 74.1 cm³/mol. The molecule has 0 atom stereocenters. The summed E-state index contributed by atoms with van der Waals surface area (Å²) in [6.45, 7) is 2.59. The number of fused-ring (bicyclic) bond motifs is 1. The van der Waals surface area contributed by atoms with Crippen LogP contribution in [-0.4, -0.2) is 26.7 Å². The van der Waals surface area contributed by atoms with Crippen LogP contribution >= 0.6 is 0 Å². The molecule has 0 unspecified atom stereocenters. The molecule has 1 aromatic rings. The van der Waals surface area contributed by atoms with E-state index in [2.05, 4.69) is 10.6 Å². The summed E-state index contributed by atoms with van der Waals surface area (Å²) in [5.74, 6) is 0.212. The van der Waals surface area contributed by atoms with E-state index in [1.165, 1.54) is 0 Å². The predicted octanol–water partition coefficient (Wildman–Crippen LogP) is 1.94. The molecule has 2 amide bonds. The second-order valence-corrected chi connectivity index (χ2v) is 6.70. The first-order chi connectivity index (χ1) is 9.03. The zero-order valence-corrected chi connectivity index (χ0v) is 11.7. The lowest BCUT2D eigenvalue weighted by atomic mass is 10.1. The van der Waals surface area contributed by atoms with E-state index in [-0.39, 0.29) is 11.8 Å². The molecule has 0 saturated heterocycles. The molecule has 1 aromatic carbocycles. The van der Waals surface area contributed by atoms with Crippen molar-refractivity contribution in [1.82, 2.24) is 5.32 Å². The van der Waals surface area contributed by atoms with E-state index >= 15 is 0 Å². The van der Waals surface area contributed by atoms with Crippen molar-refractivity contribution in [3.63, 3.8) is 0 Å². The largest absolute Gasteiger partial charge is 0.338 e. The van der Waals surface area contributed by atoms with Crippen LogP contribution in [0, 0.1) is 0 Å².